The van der Waals surface area contributed by atoms with Gasteiger partial charge in [-0.25, -0.2) is 0 Å². The number of aromatic nitrogens is 2. The van der Waals surface area contributed by atoms with Crippen molar-refractivity contribution in [1.29, 1.82) is 0 Å². The Morgan fingerprint density at radius 1 is 0.964 bits per heavy atom. The van der Waals surface area contributed by atoms with Crippen LogP contribution in [0.3, 0.4) is 0 Å². The third-order valence-electron chi connectivity index (χ3n) is 5.64. The van der Waals surface area contributed by atoms with Crippen LogP contribution in [0.1, 0.15) is 29.5 Å². The van der Waals surface area contributed by atoms with Gasteiger partial charge in [-0.3, -0.25) is 9.59 Å². The van der Waals surface area contributed by atoms with Crippen LogP contribution in [-0.4, -0.2) is 15.9 Å². The van der Waals surface area contributed by atoms with Gasteiger partial charge in [0.2, 0.25) is 5.91 Å². The summed E-state index contributed by atoms with van der Waals surface area (Å²) in [5.74, 6) is -0.0792. The lowest BCUT2D eigenvalue weighted by atomic mass is 9.90. The van der Waals surface area contributed by atoms with Crippen LogP contribution in [0, 0.1) is 0 Å². The number of amides is 1. The van der Waals surface area contributed by atoms with Crippen LogP contribution in [0.2, 0.25) is 0 Å². The van der Waals surface area contributed by atoms with Gasteiger partial charge in [-0.15, -0.1) is 0 Å². The van der Waals surface area contributed by atoms with Gasteiger partial charge in [-0.05, 0) is 55.0 Å². The molecule has 0 spiro atoms. The number of nitrogens with one attached hydrogen (secondary N) is 3. The number of hydrogen-bond donors (Lipinski definition) is 3. The number of anilines is 1. The second-order valence-corrected chi connectivity index (χ2v) is 7.46. The molecule has 5 heteroatoms. The first kappa shape index (κ1) is 16.8. The molecule has 5 nitrogen and oxygen atoms in total. The Labute approximate surface area is 161 Å². The molecule has 1 aliphatic rings. The summed E-state index contributed by atoms with van der Waals surface area (Å²) in [4.78, 5) is 31.1. The summed E-state index contributed by atoms with van der Waals surface area (Å²) >= 11 is 0. The van der Waals surface area contributed by atoms with E-state index in [1.165, 1.54) is 5.56 Å². The van der Waals surface area contributed by atoms with Crippen LogP contribution in [0.5, 0.6) is 0 Å². The maximum Gasteiger partial charge on any atom is 0.251 e. The van der Waals surface area contributed by atoms with Crippen LogP contribution in [0.25, 0.3) is 21.8 Å². The van der Waals surface area contributed by atoms with Crippen molar-refractivity contribution >= 4 is 33.4 Å². The number of carbonyl (C=O) groups is 1. The molecular weight excluding hydrogens is 350 g/mol. The van der Waals surface area contributed by atoms with Crippen molar-refractivity contribution in [3.05, 3.63) is 75.7 Å². The molecule has 2 aromatic heterocycles. The number of H-pyrrole nitrogens is 2. The van der Waals surface area contributed by atoms with Gasteiger partial charge in [0, 0.05) is 33.7 Å². The second kappa shape index (κ2) is 6.68. The Morgan fingerprint density at radius 2 is 1.79 bits per heavy atom. The first-order valence-electron chi connectivity index (χ1n) is 9.72. The SMILES string of the molecule is O=C(Cc1c[nH]c2ccccc12)Nc1ccc2c3c(c(=O)[nH]c2c1)CCCC3. The lowest BCUT2D eigenvalue weighted by Crippen LogP contribution is -2.19. The quantitative estimate of drug-likeness (QED) is 0.508. The highest BCUT2D eigenvalue weighted by atomic mass is 16.1. The zero-order chi connectivity index (χ0) is 19.1. The van der Waals surface area contributed by atoms with E-state index in [9.17, 15) is 9.59 Å². The number of aromatic amines is 2. The molecule has 1 aliphatic carbocycles. The van der Waals surface area contributed by atoms with Crippen molar-refractivity contribution in [1.82, 2.24) is 9.97 Å². The van der Waals surface area contributed by atoms with E-state index in [0.29, 0.717) is 12.1 Å². The van der Waals surface area contributed by atoms with E-state index in [1.54, 1.807) is 0 Å². The fourth-order valence-electron chi connectivity index (χ4n) is 4.30. The number of para-hydroxylation sites is 1. The van der Waals surface area contributed by atoms with E-state index >= 15 is 0 Å². The lowest BCUT2D eigenvalue weighted by molar-refractivity contribution is -0.115. The van der Waals surface area contributed by atoms with Gasteiger partial charge in [0.15, 0.2) is 0 Å². The fourth-order valence-corrected chi connectivity index (χ4v) is 4.30. The smallest absolute Gasteiger partial charge is 0.251 e. The minimum atomic E-state index is -0.0792. The predicted octanol–water partition coefficient (Wildman–Crippen LogP) is 4.07. The number of aryl methyl sites for hydroxylation is 1. The molecule has 0 aliphatic heterocycles. The molecule has 0 radical (unpaired) electrons. The molecule has 4 aromatic rings. The molecule has 1 amide bonds. The fraction of sp³-hybridized carbons (Fsp3) is 0.217. The lowest BCUT2D eigenvalue weighted by Gasteiger charge is -2.17. The van der Waals surface area contributed by atoms with Gasteiger partial charge in [-0.1, -0.05) is 24.3 Å². The summed E-state index contributed by atoms with van der Waals surface area (Å²) in [5.41, 5.74) is 5.58. The number of rotatable bonds is 3. The largest absolute Gasteiger partial charge is 0.361 e. The van der Waals surface area contributed by atoms with E-state index in [1.807, 2.05) is 48.7 Å². The topological polar surface area (TPSA) is 77.8 Å². The average Bonchev–Trinajstić information content (AvgIpc) is 3.11. The summed E-state index contributed by atoms with van der Waals surface area (Å²) in [6.45, 7) is 0. The normalized spacial score (nSPS) is 13.6. The Bertz CT molecular complexity index is 1270. The molecule has 0 unspecified atom stereocenters. The predicted molar refractivity (Wildman–Crippen MR) is 112 cm³/mol. The average molecular weight is 371 g/mol. The van der Waals surface area contributed by atoms with E-state index in [-0.39, 0.29) is 11.5 Å². The highest BCUT2D eigenvalue weighted by Gasteiger charge is 2.17. The monoisotopic (exact) mass is 371 g/mol. The summed E-state index contributed by atoms with van der Waals surface area (Å²) < 4.78 is 0. The summed E-state index contributed by atoms with van der Waals surface area (Å²) in [6, 6.07) is 13.7. The van der Waals surface area contributed by atoms with E-state index < -0.39 is 0 Å². The van der Waals surface area contributed by atoms with Gasteiger partial charge >= 0.3 is 0 Å². The molecule has 0 fully saturated rings. The minimum Gasteiger partial charge on any atom is -0.361 e. The summed E-state index contributed by atoms with van der Waals surface area (Å²) in [6.07, 6.45) is 6.17. The van der Waals surface area contributed by atoms with Crippen molar-refractivity contribution < 1.29 is 4.79 Å². The Morgan fingerprint density at radius 3 is 2.68 bits per heavy atom. The summed E-state index contributed by atoms with van der Waals surface area (Å²) in [7, 11) is 0. The minimum absolute atomic E-state index is 0.00414. The second-order valence-electron chi connectivity index (χ2n) is 7.46. The van der Waals surface area contributed by atoms with Crippen LogP contribution in [-0.2, 0) is 24.1 Å². The number of fused-ring (bicyclic) bond motifs is 4. The number of pyridine rings is 1. The highest BCUT2D eigenvalue weighted by Crippen LogP contribution is 2.27. The zero-order valence-electron chi connectivity index (χ0n) is 15.5. The molecule has 2 aromatic carbocycles. The molecule has 2 heterocycles. The van der Waals surface area contributed by atoms with E-state index in [4.69, 9.17) is 0 Å². The maximum absolute atomic E-state index is 12.6. The molecular formula is C23H21N3O2. The molecule has 140 valence electrons. The molecule has 3 N–H and O–H groups in total. The van der Waals surface area contributed by atoms with Gasteiger partial charge in [0.1, 0.15) is 0 Å². The third kappa shape index (κ3) is 2.89. The van der Waals surface area contributed by atoms with Crippen molar-refractivity contribution in [2.45, 2.75) is 32.1 Å². The van der Waals surface area contributed by atoms with Crippen LogP contribution in [0.15, 0.2) is 53.5 Å². The number of carbonyl (C=O) groups excluding carboxylic acids is 1. The van der Waals surface area contributed by atoms with Crippen molar-refractivity contribution in [3.8, 4) is 0 Å². The first-order valence-corrected chi connectivity index (χ1v) is 9.72. The first-order chi connectivity index (χ1) is 13.7. The summed E-state index contributed by atoms with van der Waals surface area (Å²) in [5, 5.41) is 5.11. The Hall–Kier alpha value is -3.34. The van der Waals surface area contributed by atoms with Crippen molar-refractivity contribution in [3.63, 3.8) is 0 Å². The molecule has 0 saturated heterocycles. The van der Waals surface area contributed by atoms with Crippen LogP contribution in [0.4, 0.5) is 5.69 Å². The Balaban J connectivity index is 1.42. The van der Waals surface area contributed by atoms with E-state index in [0.717, 1.165) is 58.6 Å². The molecule has 28 heavy (non-hydrogen) atoms. The van der Waals surface area contributed by atoms with Crippen molar-refractivity contribution in [2.75, 3.05) is 5.32 Å². The Kier molecular flexibility index (Phi) is 4.01. The maximum atomic E-state index is 12.6. The van der Waals surface area contributed by atoms with E-state index in [2.05, 4.69) is 15.3 Å². The van der Waals surface area contributed by atoms with Crippen LogP contribution >= 0.6 is 0 Å². The molecule has 0 bridgehead atoms. The van der Waals surface area contributed by atoms with Crippen molar-refractivity contribution in [2.24, 2.45) is 0 Å². The third-order valence-corrected chi connectivity index (χ3v) is 5.64. The van der Waals surface area contributed by atoms with Crippen LogP contribution < -0.4 is 10.9 Å². The molecule has 0 saturated carbocycles. The van der Waals surface area contributed by atoms with Gasteiger partial charge in [0.25, 0.3) is 5.56 Å². The van der Waals surface area contributed by atoms with Gasteiger partial charge < -0.3 is 15.3 Å². The number of benzene rings is 2. The van der Waals surface area contributed by atoms with Gasteiger partial charge in [-0.2, -0.15) is 0 Å². The molecule has 0 atom stereocenters. The zero-order valence-corrected chi connectivity index (χ0v) is 15.5. The molecule has 5 rings (SSSR count). The standard InChI is InChI=1S/C23H21N3O2/c27-22(11-14-13-24-20-8-4-3-5-16(14)20)25-15-9-10-18-17-6-1-2-7-19(17)23(28)26-21(18)12-15/h3-5,8-10,12-13,24H,1-2,6-7,11H2,(H,25,27)(H,26,28). The highest BCUT2D eigenvalue weighted by molar-refractivity contribution is 5.97. The number of hydrogen-bond acceptors (Lipinski definition) is 2. The van der Waals surface area contributed by atoms with Gasteiger partial charge in [0.05, 0.1) is 11.9 Å².